The van der Waals surface area contributed by atoms with E-state index in [0.29, 0.717) is 17.1 Å². The van der Waals surface area contributed by atoms with Gasteiger partial charge in [-0.3, -0.25) is 9.59 Å². The molecule has 1 aromatic carbocycles. The molecule has 180 valence electrons. The van der Waals surface area contributed by atoms with Crippen LogP contribution in [0.1, 0.15) is 36.3 Å². The van der Waals surface area contributed by atoms with Gasteiger partial charge in [-0.25, -0.2) is 15.0 Å². The average molecular weight is 514 g/mol. The molecule has 0 radical (unpaired) electrons. The molecule has 0 unspecified atom stereocenters. The van der Waals surface area contributed by atoms with Crippen molar-refractivity contribution in [1.29, 1.82) is 0 Å². The lowest BCUT2D eigenvalue weighted by Crippen LogP contribution is -2.27. The highest BCUT2D eigenvalue weighted by Crippen LogP contribution is 2.36. The van der Waals surface area contributed by atoms with Crippen LogP contribution in [0, 0.1) is 0 Å². The lowest BCUT2D eigenvalue weighted by molar-refractivity contribution is -0.137. The van der Waals surface area contributed by atoms with E-state index >= 15 is 0 Å². The van der Waals surface area contributed by atoms with E-state index in [1.165, 1.54) is 18.6 Å². The fourth-order valence-corrected chi connectivity index (χ4v) is 3.82. The van der Waals surface area contributed by atoms with E-state index < -0.39 is 28.6 Å². The Balaban J connectivity index is 1.66. The number of nitrogens with one attached hydrogen (secondary N) is 2. The molecular formula is C20H19ClF3N7O2S. The second-order valence-corrected chi connectivity index (χ2v) is 8.79. The molecule has 4 N–H and O–H groups in total. The highest BCUT2D eigenvalue weighted by Gasteiger charge is 2.33. The summed E-state index contributed by atoms with van der Waals surface area (Å²) in [6.45, 7) is 0.360. The Morgan fingerprint density at radius 2 is 1.91 bits per heavy atom. The Kier molecular flexibility index (Phi) is 7.69. The molecular weight excluding hydrogens is 495 g/mol. The van der Waals surface area contributed by atoms with Crippen LogP contribution >= 0.6 is 22.9 Å². The molecule has 0 saturated carbocycles. The number of alkyl halides is 3. The predicted molar refractivity (Wildman–Crippen MR) is 122 cm³/mol. The van der Waals surface area contributed by atoms with Crippen LogP contribution in [0.25, 0.3) is 0 Å². The van der Waals surface area contributed by atoms with Gasteiger partial charge in [-0.2, -0.15) is 13.2 Å². The first-order valence-electron chi connectivity index (χ1n) is 9.60. The summed E-state index contributed by atoms with van der Waals surface area (Å²) >= 11 is 6.57. The van der Waals surface area contributed by atoms with Crippen LogP contribution in [0.5, 0.6) is 0 Å². The minimum atomic E-state index is -4.66. The van der Waals surface area contributed by atoms with Gasteiger partial charge in [-0.1, -0.05) is 11.6 Å². The number of carbonyl (C=O) groups excluding carboxylic acids is 2. The van der Waals surface area contributed by atoms with Gasteiger partial charge in [0.15, 0.2) is 0 Å². The quantitative estimate of drug-likeness (QED) is 0.442. The summed E-state index contributed by atoms with van der Waals surface area (Å²) in [5.41, 5.74) is 5.35. The molecule has 9 nitrogen and oxygen atoms in total. The van der Waals surface area contributed by atoms with Crippen molar-refractivity contribution in [3.63, 3.8) is 0 Å². The number of halogens is 4. The van der Waals surface area contributed by atoms with Gasteiger partial charge in [0.25, 0.3) is 11.8 Å². The highest BCUT2D eigenvalue weighted by atomic mass is 35.5. The van der Waals surface area contributed by atoms with Gasteiger partial charge in [0.1, 0.15) is 27.7 Å². The number of carbonyl (C=O) groups is 2. The SMILES string of the molecule is CN(C)Cc1c(N)ncnc1C(=O)NCc1ncc(C(=O)Nc2ccc(Cl)c(C(F)(F)F)c2)s1. The summed E-state index contributed by atoms with van der Waals surface area (Å²) in [6, 6.07) is 3.07. The van der Waals surface area contributed by atoms with Crippen molar-refractivity contribution in [2.75, 3.05) is 25.1 Å². The molecule has 2 heterocycles. The Morgan fingerprint density at radius 1 is 1.18 bits per heavy atom. The van der Waals surface area contributed by atoms with Crippen LogP contribution in [0.15, 0.2) is 30.7 Å². The zero-order valence-corrected chi connectivity index (χ0v) is 19.5. The van der Waals surface area contributed by atoms with Gasteiger partial charge in [0, 0.05) is 17.8 Å². The number of nitrogens with zero attached hydrogens (tertiary/aromatic N) is 4. The number of benzene rings is 1. The lowest BCUT2D eigenvalue weighted by Gasteiger charge is -2.14. The highest BCUT2D eigenvalue weighted by molar-refractivity contribution is 7.13. The molecule has 3 aromatic rings. The van der Waals surface area contributed by atoms with E-state index in [9.17, 15) is 22.8 Å². The van der Waals surface area contributed by atoms with E-state index in [4.69, 9.17) is 17.3 Å². The smallest absolute Gasteiger partial charge is 0.383 e. The third kappa shape index (κ3) is 6.18. The standard InChI is InChI=1S/C20H19ClF3N7O2S/c1-31(2)8-11-16(28-9-29-17(11)25)19(33)27-7-15-26-6-14(34-15)18(32)30-10-3-4-13(21)12(5-10)20(22,23)24/h3-6,9H,7-8H2,1-2H3,(H,27,33)(H,30,32)(H2,25,28,29). The third-order valence-corrected chi connectivity index (χ3v) is 5.70. The van der Waals surface area contributed by atoms with E-state index in [2.05, 4.69) is 25.6 Å². The predicted octanol–water partition coefficient (Wildman–Crippen LogP) is 3.43. The van der Waals surface area contributed by atoms with Crippen molar-refractivity contribution >= 4 is 46.3 Å². The van der Waals surface area contributed by atoms with Crippen LogP contribution in [0.3, 0.4) is 0 Å². The third-order valence-electron chi connectivity index (χ3n) is 4.38. The topological polar surface area (TPSA) is 126 Å². The molecule has 0 spiro atoms. The number of rotatable bonds is 7. The summed E-state index contributed by atoms with van der Waals surface area (Å²) in [5.74, 6) is -0.951. The summed E-state index contributed by atoms with van der Waals surface area (Å²) in [4.78, 5) is 39.0. The summed E-state index contributed by atoms with van der Waals surface area (Å²) in [7, 11) is 3.62. The van der Waals surface area contributed by atoms with Crippen LogP contribution < -0.4 is 16.4 Å². The molecule has 34 heavy (non-hydrogen) atoms. The van der Waals surface area contributed by atoms with Crippen LogP contribution in [0.2, 0.25) is 5.02 Å². The summed E-state index contributed by atoms with van der Waals surface area (Å²) in [5, 5.41) is 4.98. The molecule has 0 bridgehead atoms. The van der Waals surface area contributed by atoms with Crippen molar-refractivity contribution in [3.05, 3.63) is 62.5 Å². The molecule has 0 aliphatic carbocycles. The van der Waals surface area contributed by atoms with Gasteiger partial charge in [0.2, 0.25) is 0 Å². The Morgan fingerprint density at radius 3 is 2.59 bits per heavy atom. The first-order chi connectivity index (χ1) is 16.0. The maximum Gasteiger partial charge on any atom is 0.417 e. The molecule has 0 atom stereocenters. The minimum absolute atomic E-state index is 0.00125. The Hall–Kier alpha value is -3.29. The van der Waals surface area contributed by atoms with E-state index in [1.54, 1.807) is 0 Å². The summed E-state index contributed by atoms with van der Waals surface area (Å²) < 4.78 is 39.1. The summed E-state index contributed by atoms with van der Waals surface area (Å²) in [6.07, 6.45) is -2.20. The van der Waals surface area contributed by atoms with Crippen molar-refractivity contribution in [3.8, 4) is 0 Å². The van der Waals surface area contributed by atoms with Crippen LogP contribution in [-0.2, 0) is 19.3 Å². The molecule has 0 saturated heterocycles. The number of aromatic nitrogens is 3. The van der Waals surface area contributed by atoms with Gasteiger partial charge in [-0.15, -0.1) is 11.3 Å². The largest absolute Gasteiger partial charge is 0.417 e. The van der Waals surface area contributed by atoms with E-state index in [-0.39, 0.29) is 28.6 Å². The molecule has 14 heteroatoms. The number of hydrogen-bond donors (Lipinski definition) is 3. The maximum atomic E-state index is 13.0. The Labute approximate surface area is 201 Å². The molecule has 3 rings (SSSR count). The Bertz CT molecular complexity index is 1220. The monoisotopic (exact) mass is 513 g/mol. The fourth-order valence-electron chi connectivity index (χ4n) is 2.84. The van der Waals surface area contributed by atoms with Crippen molar-refractivity contribution in [1.82, 2.24) is 25.2 Å². The average Bonchev–Trinajstić information content (AvgIpc) is 3.23. The number of nitrogens with two attached hydrogens (primary N) is 1. The molecule has 2 amide bonds. The van der Waals surface area contributed by atoms with E-state index in [1.807, 2.05) is 19.0 Å². The minimum Gasteiger partial charge on any atom is -0.383 e. The zero-order chi connectivity index (χ0) is 25.0. The van der Waals surface area contributed by atoms with Crippen molar-refractivity contribution < 1.29 is 22.8 Å². The normalized spacial score (nSPS) is 11.5. The van der Waals surface area contributed by atoms with Crippen LogP contribution in [-0.4, -0.2) is 45.8 Å². The fraction of sp³-hybridized carbons (Fsp3) is 0.250. The van der Waals surface area contributed by atoms with E-state index in [0.717, 1.165) is 23.5 Å². The number of thiazole rings is 1. The maximum absolute atomic E-state index is 13.0. The first kappa shape index (κ1) is 25.3. The number of anilines is 2. The molecule has 0 aliphatic heterocycles. The number of amides is 2. The van der Waals surface area contributed by atoms with Gasteiger partial charge in [0.05, 0.1) is 23.3 Å². The van der Waals surface area contributed by atoms with Gasteiger partial charge in [-0.05, 0) is 32.3 Å². The molecule has 0 aliphatic rings. The molecule has 2 aromatic heterocycles. The van der Waals surface area contributed by atoms with Crippen LogP contribution in [0.4, 0.5) is 24.7 Å². The van der Waals surface area contributed by atoms with Crippen molar-refractivity contribution in [2.24, 2.45) is 0 Å². The first-order valence-corrected chi connectivity index (χ1v) is 10.8. The van der Waals surface area contributed by atoms with Gasteiger partial charge >= 0.3 is 6.18 Å². The molecule has 0 fully saturated rings. The number of hydrogen-bond acceptors (Lipinski definition) is 8. The second-order valence-electron chi connectivity index (χ2n) is 7.27. The second kappa shape index (κ2) is 10.3. The zero-order valence-electron chi connectivity index (χ0n) is 17.9. The van der Waals surface area contributed by atoms with Crippen molar-refractivity contribution in [2.45, 2.75) is 19.3 Å². The van der Waals surface area contributed by atoms with Gasteiger partial charge < -0.3 is 21.3 Å². The lowest BCUT2D eigenvalue weighted by atomic mass is 10.2. The number of nitrogen functional groups attached to an aromatic ring is 1.